The number of fused-ring (bicyclic) bond motifs is 1. The molecule has 17 heavy (non-hydrogen) atoms. The molecule has 0 aliphatic carbocycles. The van der Waals surface area contributed by atoms with Crippen LogP contribution in [-0.2, 0) is 14.9 Å². The maximum atomic E-state index is 11.5. The van der Waals surface area contributed by atoms with Gasteiger partial charge in [-0.2, -0.15) is 0 Å². The fourth-order valence-corrected chi connectivity index (χ4v) is 2.09. The number of H-pyrrole nitrogens is 2. The molecule has 4 N–H and O–H groups in total. The van der Waals surface area contributed by atoms with Crippen molar-refractivity contribution in [2.75, 3.05) is 13.2 Å². The quantitative estimate of drug-likeness (QED) is 0.658. The van der Waals surface area contributed by atoms with Gasteiger partial charge in [0, 0.05) is 0 Å². The smallest absolute Gasteiger partial charge is 0.323 e. The first-order valence-corrected chi connectivity index (χ1v) is 5.22. The molecule has 0 spiro atoms. The van der Waals surface area contributed by atoms with Crippen LogP contribution >= 0.6 is 0 Å². The van der Waals surface area contributed by atoms with Crippen LogP contribution in [0.25, 0.3) is 11.0 Å². The monoisotopic (exact) mass is 233 g/mol. The molecule has 2 aromatic rings. The number of nitrogens with one attached hydrogen (secondary N) is 2. The van der Waals surface area contributed by atoms with Gasteiger partial charge in [0.15, 0.2) is 0 Å². The summed E-state index contributed by atoms with van der Waals surface area (Å²) in [5, 5.41) is 0. The first kappa shape index (κ1) is 10.1. The molecule has 1 aromatic carbocycles. The molecule has 2 heterocycles. The van der Waals surface area contributed by atoms with E-state index in [9.17, 15) is 9.59 Å². The molecule has 6 nitrogen and oxygen atoms in total. The van der Waals surface area contributed by atoms with Crippen LogP contribution in [0.5, 0.6) is 0 Å². The van der Waals surface area contributed by atoms with Crippen molar-refractivity contribution in [1.29, 1.82) is 0 Å². The number of carbonyl (C=O) groups excluding carboxylic acids is 1. The first-order chi connectivity index (χ1) is 8.12. The molecular weight excluding hydrogens is 222 g/mol. The molecule has 0 unspecified atom stereocenters. The van der Waals surface area contributed by atoms with Crippen molar-refractivity contribution >= 4 is 16.9 Å². The molecule has 1 aliphatic heterocycles. The molecule has 1 aromatic heterocycles. The van der Waals surface area contributed by atoms with E-state index in [2.05, 4.69) is 9.97 Å². The van der Waals surface area contributed by atoms with Gasteiger partial charge < -0.3 is 20.4 Å². The van der Waals surface area contributed by atoms with Gasteiger partial charge in [0.05, 0.1) is 24.2 Å². The number of hydrogen-bond donors (Lipinski definition) is 3. The van der Waals surface area contributed by atoms with Crippen LogP contribution in [-0.4, -0.2) is 29.1 Å². The zero-order chi connectivity index (χ0) is 12.0. The number of amides is 1. The van der Waals surface area contributed by atoms with Crippen molar-refractivity contribution in [3.63, 3.8) is 0 Å². The van der Waals surface area contributed by atoms with E-state index in [1.54, 1.807) is 18.2 Å². The zero-order valence-electron chi connectivity index (χ0n) is 8.95. The highest BCUT2D eigenvalue weighted by Crippen LogP contribution is 2.33. The lowest BCUT2D eigenvalue weighted by Crippen LogP contribution is -2.56. The third-order valence-corrected chi connectivity index (χ3v) is 3.24. The fourth-order valence-electron chi connectivity index (χ4n) is 2.09. The molecule has 0 saturated carbocycles. The van der Waals surface area contributed by atoms with Gasteiger partial charge >= 0.3 is 5.69 Å². The molecule has 6 heteroatoms. The highest BCUT2D eigenvalue weighted by molar-refractivity contribution is 5.89. The highest BCUT2D eigenvalue weighted by Gasteiger charge is 2.46. The van der Waals surface area contributed by atoms with Crippen molar-refractivity contribution < 1.29 is 9.53 Å². The van der Waals surface area contributed by atoms with E-state index in [4.69, 9.17) is 10.5 Å². The normalized spacial score (nSPS) is 17.9. The van der Waals surface area contributed by atoms with Crippen molar-refractivity contribution in [2.24, 2.45) is 5.73 Å². The van der Waals surface area contributed by atoms with Crippen molar-refractivity contribution in [3.8, 4) is 0 Å². The summed E-state index contributed by atoms with van der Waals surface area (Å²) in [6.07, 6.45) is 0. The Morgan fingerprint density at radius 1 is 1.29 bits per heavy atom. The van der Waals surface area contributed by atoms with E-state index < -0.39 is 11.3 Å². The first-order valence-electron chi connectivity index (χ1n) is 5.22. The van der Waals surface area contributed by atoms with Gasteiger partial charge in [-0.3, -0.25) is 4.79 Å². The van der Waals surface area contributed by atoms with Gasteiger partial charge in [0.1, 0.15) is 5.41 Å². The molecule has 3 rings (SSSR count). The molecule has 0 radical (unpaired) electrons. The second-order valence-corrected chi connectivity index (χ2v) is 4.28. The summed E-state index contributed by atoms with van der Waals surface area (Å²) in [4.78, 5) is 27.9. The van der Waals surface area contributed by atoms with E-state index in [0.29, 0.717) is 24.2 Å². The largest absolute Gasteiger partial charge is 0.378 e. The van der Waals surface area contributed by atoms with E-state index in [1.807, 2.05) is 0 Å². The van der Waals surface area contributed by atoms with Crippen LogP contribution in [0.3, 0.4) is 0 Å². The Balaban J connectivity index is 2.17. The number of aromatic amines is 2. The molecule has 1 amide bonds. The number of rotatable bonds is 2. The number of imidazole rings is 1. The fraction of sp³-hybridized carbons (Fsp3) is 0.273. The lowest BCUT2D eigenvalue weighted by atomic mass is 9.78. The van der Waals surface area contributed by atoms with Crippen molar-refractivity contribution in [2.45, 2.75) is 5.41 Å². The Hall–Kier alpha value is -2.08. The molecule has 0 atom stereocenters. The SMILES string of the molecule is NC(=O)C1(c2ccc3[nH]c(=O)[nH]c3c2)COC1. The summed E-state index contributed by atoms with van der Waals surface area (Å²) in [6.45, 7) is 0.588. The number of ether oxygens (including phenoxy) is 1. The lowest BCUT2D eigenvalue weighted by molar-refractivity contribution is -0.141. The number of aromatic nitrogens is 2. The van der Waals surface area contributed by atoms with E-state index in [1.165, 1.54) is 0 Å². The van der Waals surface area contributed by atoms with Gasteiger partial charge in [0.2, 0.25) is 5.91 Å². The molecule has 88 valence electrons. The summed E-state index contributed by atoms with van der Waals surface area (Å²) >= 11 is 0. The second kappa shape index (κ2) is 3.21. The molecule has 0 bridgehead atoms. The van der Waals surface area contributed by atoms with Crippen LogP contribution in [0, 0.1) is 0 Å². The van der Waals surface area contributed by atoms with Gasteiger partial charge in [-0.15, -0.1) is 0 Å². The minimum Gasteiger partial charge on any atom is -0.378 e. The van der Waals surface area contributed by atoms with E-state index in [-0.39, 0.29) is 5.69 Å². The average molecular weight is 233 g/mol. The summed E-state index contributed by atoms with van der Waals surface area (Å²) in [6, 6.07) is 5.31. The van der Waals surface area contributed by atoms with Crippen LogP contribution in [0.4, 0.5) is 0 Å². The van der Waals surface area contributed by atoms with Gasteiger partial charge in [-0.25, -0.2) is 4.79 Å². The van der Waals surface area contributed by atoms with Crippen LogP contribution in [0.15, 0.2) is 23.0 Å². The number of benzene rings is 1. The van der Waals surface area contributed by atoms with Gasteiger partial charge in [-0.05, 0) is 17.7 Å². The summed E-state index contributed by atoms with van der Waals surface area (Å²) in [7, 11) is 0. The second-order valence-electron chi connectivity index (χ2n) is 4.28. The standard InChI is InChI=1S/C11H11N3O3/c12-9(15)11(4-17-5-11)6-1-2-7-8(3-6)14-10(16)13-7/h1-3H,4-5H2,(H2,12,15)(H2,13,14,16). The molecule has 1 aliphatic rings. The highest BCUT2D eigenvalue weighted by atomic mass is 16.5. The summed E-state index contributed by atoms with van der Waals surface area (Å²) in [5.41, 5.74) is 6.55. The number of primary amides is 1. The number of hydrogen-bond acceptors (Lipinski definition) is 3. The Labute approximate surface area is 95.8 Å². The Bertz CT molecular complexity index is 651. The van der Waals surface area contributed by atoms with Gasteiger partial charge in [0.25, 0.3) is 0 Å². The topological polar surface area (TPSA) is 101 Å². The van der Waals surface area contributed by atoms with Crippen LogP contribution in [0.2, 0.25) is 0 Å². The predicted molar refractivity (Wildman–Crippen MR) is 60.6 cm³/mol. The Morgan fingerprint density at radius 2 is 2.00 bits per heavy atom. The van der Waals surface area contributed by atoms with Crippen LogP contribution in [0.1, 0.15) is 5.56 Å². The van der Waals surface area contributed by atoms with Crippen LogP contribution < -0.4 is 11.4 Å². The van der Waals surface area contributed by atoms with Crippen molar-refractivity contribution in [3.05, 3.63) is 34.2 Å². The minimum absolute atomic E-state index is 0.268. The minimum atomic E-state index is -0.748. The molecule has 1 saturated heterocycles. The molecule has 1 fully saturated rings. The van der Waals surface area contributed by atoms with Crippen molar-refractivity contribution in [1.82, 2.24) is 9.97 Å². The van der Waals surface area contributed by atoms with E-state index >= 15 is 0 Å². The third kappa shape index (κ3) is 1.31. The summed E-state index contributed by atoms with van der Waals surface area (Å²) < 4.78 is 5.09. The maximum absolute atomic E-state index is 11.5. The maximum Gasteiger partial charge on any atom is 0.323 e. The predicted octanol–water partition coefficient (Wildman–Crippen LogP) is -0.391. The zero-order valence-corrected chi connectivity index (χ0v) is 8.95. The Kier molecular flexibility index (Phi) is 1.90. The molecular formula is C11H11N3O3. The Morgan fingerprint density at radius 3 is 2.59 bits per heavy atom. The average Bonchev–Trinajstić information content (AvgIpc) is 2.54. The van der Waals surface area contributed by atoms with Gasteiger partial charge in [-0.1, -0.05) is 6.07 Å². The summed E-state index contributed by atoms with van der Waals surface area (Å²) in [5.74, 6) is -0.402. The van der Waals surface area contributed by atoms with E-state index in [0.717, 1.165) is 5.56 Å². The third-order valence-electron chi connectivity index (χ3n) is 3.24. The lowest BCUT2D eigenvalue weighted by Gasteiger charge is -2.38. The number of nitrogens with two attached hydrogens (primary N) is 1. The number of carbonyl (C=O) groups is 1.